The number of hydrogen-bond acceptors (Lipinski definition) is 6. The summed E-state index contributed by atoms with van der Waals surface area (Å²) in [4.78, 5) is 19.7. The van der Waals surface area contributed by atoms with Crippen LogP contribution in [-0.4, -0.2) is 34.2 Å². The van der Waals surface area contributed by atoms with Gasteiger partial charge in [0, 0.05) is 18.0 Å². The molecular formula is C28H34N2O3S. The lowest BCUT2D eigenvalue weighted by atomic mass is 9.84. The summed E-state index contributed by atoms with van der Waals surface area (Å²) in [6, 6.07) is 19.7. The van der Waals surface area contributed by atoms with Gasteiger partial charge < -0.3 is 14.7 Å². The van der Waals surface area contributed by atoms with Gasteiger partial charge >= 0.3 is 5.97 Å². The van der Waals surface area contributed by atoms with Crippen LogP contribution in [0.5, 0.6) is 0 Å². The number of benzene rings is 2. The first-order valence-corrected chi connectivity index (χ1v) is 12.9. The molecule has 4 rings (SSSR count). The quantitative estimate of drug-likeness (QED) is 0.408. The summed E-state index contributed by atoms with van der Waals surface area (Å²) >= 11 is 1.53. The number of anilines is 1. The van der Waals surface area contributed by atoms with Crippen LogP contribution in [-0.2, 0) is 15.1 Å². The molecule has 180 valence electrons. The number of aromatic nitrogens is 1. The minimum atomic E-state index is -1.36. The number of aliphatic hydroxyl groups is 1. The zero-order valence-electron chi connectivity index (χ0n) is 20.2. The fraction of sp³-hybridized carbons (Fsp3) is 0.429. The highest BCUT2D eigenvalue weighted by Gasteiger charge is 2.37. The van der Waals surface area contributed by atoms with E-state index in [1.807, 2.05) is 86.8 Å². The fourth-order valence-electron chi connectivity index (χ4n) is 4.64. The monoisotopic (exact) mass is 478 g/mol. The standard InChI is InChI=1S/C28H34N2O3S/c1-27(2,3)33-25(31)18-19-30(23-16-10-11-17-23)26-29-24(20-34-26)28(32,21-12-6-4-7-13-21)22-14-8-5-9-15-22/h4-9,12-15,20,23,32H,10-11,16-19H2,1-3H3. The summed E-state index contributed by atoms with van der Waals surface area (Å²) in [6.45, 7) is 6.23. The molecule has 1 saturated carbocycles. The van der Waals surface area contributed by atoms with Crippen LogP contribution < -0.4 is 4.90 Å². The number of carbonyl (C=O) groups excluding carboxylic acids is 1. The van der Waals surface area contributed by atoms with Crippen LogP contribution in [0, 0.1) is 0 Å². The predicted molar refractivity (Wildman–Crippen MR) is 137 cm³/mol. The minimum absolute atomic E-state index is 0.197. The molecule has 0 atom stereocenters. The number of hydrogen-bond donors (Lipinski definition) is 1. The number of rotatable bonds is 8. The van der Waals surface area contributed by atoms with Crippen molar-refractivity contribution in [2.45, 2.75) is 70.1 Å². The summed E-state index contributed by atoms with van der Waals surface area (Å²) in [5.74, 6) is -0.197. The SMILES string of the molecule is CC(C)(C)OC(=O)CCN(c1nc(C(O)(c2ccccc2)c2ccccc2)cs1)C1CCCC1. The highest BCUT2D eigenvalue weighted by atomic mass is 32.1. The lowest BCUT2D eigenvalue weighted by Gasteiger charge is -2.30. The van der Waals surface area contributed by atoms with Crippen molar-refractivity contribution in [1.29, 1.82) is 0 Å². The van der Waals surface area contributed by atoms with Crippen molar-refractivity contribution in [1.82, 2.24) is 4.98 Å². The van der Waals surface area contributed by atoms with Crippen molar-refractivity contribution in [3.8, 4) is 0 Å². The molecule has 5 nitrogen and oxygen atoms in total. The molecule has 0 saturated heterocycles. The van der Waals surface area contributed by atoms with E-state index in [1.165, 1.54) is 24.2 Å². The number of carbonyl (C=O) groups is 1. The van der Waals surface area contributed by atoms with Gasteiger partial charge in [-0.1, -0.05) is 73.5 Å². The summed E-state index contributed by atoms with van der Waals surface area (Å²) in [5.41, 5.74) is 0.304. The second kappa shape index (κ2) is 10.3. The summed E-state index contributed by atoms with van der Waals surface area (Å²) in [5, 5.41) is 14.9. The van der Waals surface area contributed by atoms with E-state index in [0.29, 0.717) is 24.7 Å². The van der Waals surface area contributed by atoms with Crippen LogP contribution in [0.4, 0.5) is 5.13 Å². The Morgan fingerprint density at radius 2 is 1.59 bits per heavy atom. The van der Waals surface area contributed by atoms with Gasteiger partial charge in [-0.15, -0.1) is 11.3 Å². The Morgan fingerprint density at radius 3 is 2.12 bits per heavy atom. The van der Waals surface area contributed by atoms with Gasteiger partial charge in [0.2, 0.25) is 0 Å². The highest BCUT2D eigenvalue weighted by Crippen LogP contribution is 2.39. The number of esters is 1. The molecule has 0 unspecified atom stereocenters. The second-order valence-electron chi connectivity index (χ2n) is 9.93. The zero-order valence-corrected chi connectivity index (χ0v) is 21.1. The van der Waals surface area contributed by atoms with Gasteiger partial charge in [-0.05, 0) is 44.7 Å². The molecule has 1 aliphatic carbocycles. The molecular weight excluding hydrogens is 444 g/mol. The molecule has 0 radical (unpaired) electrons. The van der Waals surface area contributed by atoms with Crippen molar-refractivity contribution in [2.75, 3.05) is 11.4 Å². The topological polar surface area (TPSA) is 62.7 Å². The van der Waals surface area contributed by atoms with Crippen molar-refractivity contribution >= 4 is 22.4 Å². The van der Waals surface area contributed by atoms with E-state index in [1.54, 1.807) is 0 Å². The fourth-order valence-corrected chi connectivity index (χ4v) is 5.61. The van der Waals surface area contributed by atoms with Crippen molar-refractivity contribution in [3.05, 3.63) is 82.9 Å². The number of nitrogens with zero attached hydrogens (tertiary/aromatic N) is 2. The Labute approximate surface area is 206 Å². The van der Waals surface area contributed by atoms with Crippen LogP contribution in [0.1, 0.15) is 69.7 Å². The summed E-state index contributed by atoms with van der Waals surface area (Å²) < 4.78 is 5.54. The molecule has 1 aliphatic rings. The predicted octanol–water partition coefficient (Wildman–Crippen LogP) is 5.91. The van der Waals surface area contributed by atoms with Gasteiger partial charge in [0.25, 0.3) is 0 Å². The molecule has 1 aromatic heterocycles. The first kappa shape index (κ1) is 24.4. The van der Waals surface area contributed by atoms with Crippen molar-refractivity contribution in [2.24, 2.45) is 0 Å². The van der Waals surface area contributed by atoms with Crippen LogP contribution in [0.2, 0.25) is 0 Å². The second-order valence-corrected chi connectivity index (χ2v) is 10.8. The molecule has 1 heterocycles. The first-order valence-electron chi connectivity index (χ1n) is 12.1. The van der Waals surface area contributed by atoms with E-state index in [9.17, 15) is 9.90 Å². The van der Waals surface area contributed by atoms with Gasteiger partial charge in [0.15, 0.2) is 10.7 Å². The van der Waals surface area contributed by atoms with E-state index in [-0.39, 0.29) is 5.97 Å². The van der Waals surface area contributed by atoms with Crippen molar-refractivity contribution in [3.63, 3.8) is 0 Å². The molecule has 2 aromatic carbocycles. The number of thiazole rings is 1. The van der Waals surface area contributed by atoms with E-state index in [0.717, 1.165) is 29.1 Å². The Balaban J connectivity index is 1.65. The molecule has 3 aromatic rings. The van der Waals surface area contributed by atoms with E-state index in [4.69, 9.17) is 9.72 Å². The average Bonchev–Trinajstić information content (AvgIpc) is 3.52. The first-order chi connectivity index (χ1) is 16.3. The lowest BCUT2D eigenvalue weighted by molar-refractivity contribution is -0.154. The third-order valence-electron chi connectivity index (χ3n) is 6.23. The van der Waals surface area contributed by atoms with Gasteiger partial charge in [-0.25, -0.2) is 4.98 Å². The Hall–Kier alpha value is -2.70. The molecule has 0 aliphatic heterocycles. The van der Waals surface area contributed by atoms with E-state index >= 15 is 0 Å². The largest absolute Gasteiger partial charge is 0.460 e. The smallest absolute Gasteiger partial charge is 0.308 e. The Kier molecular flexibility index (Phi) is 7.39. The average molecular weight is 479 g/mol. The maximum absolute atomic E-state index is 12.4. The summed E-state index contributed by atoms with van der Waals surface area (Å²) in [6.07, 6.45) is 4.85. The maximum atomic E-state index is 12.4. The number of ether oxygens (including phenoxy) is 1. The van der Waals surface area contributed by atoms with E-state index in [2.05, 4.69) is 4.90 Å². The van der Waals surface area contributed by atoms with Crippen molar-refractivity contribution < 1.29 is 14.6 Å². The molecule has 0 spiro atoms. The molecule has 6 heteroatoms. The van der Waals surface area contributed by atoms with Gasteiger partial charge in [0.05, 0.1) is 12.1 Å². The normalized spacial score (nSPS) is 14.8. The molecule has 1 N–H and O–H groups in total. The van der Waals surface area contributed by atoms with Gasteiger partial charge in [-0.3, -0.25) is 4.79 Å². The van der Waals surface area contributed by atoms with Gasteiger partial charge in [-0.2, -0.15) is 0 Å². The minimum Gasteiger partial charge on any atom is -0.460 e. The zero-order chi connectivity index (χ0) is 24.2. The van der Waals surface area contributed by atoms with Gasteiger partial charge in [0.1, 0.15) is 5.60 Å². The third kappa shape index (κ3) is 5.50. The highest BCUT2D eigenvalue weighted by molar-refractivity contribution is 7.13. The Morgan fingerprint density at radius 1 is 1.03 bits per heavy atom. The molecule has 34 heavy (non-hydrogen) atoms. The van der Waals surface area contributed by atoms with Crippen LogP contribution >= 0.6 is 11.3 Å². The van der Waals surface area contributed by atoms with E-state index < -0.39 is 11.2 Å². The molecule has 0 amide bonds. The maximum Gasteiger partial charge on any atom is 0.308 e. The summed E-state index contributed by atoms with van der Waals surface area (Å²) in [7, 11) is 0. The molecule has 1 fully saturated rings. The third-order valence-corrected chi connectivity index (χ3v) is 7.11. The van der Waals surface area contributed by atoms with Crippen LogP contribution in [0.15, 0.2) is 66.0 Å². The molecule has 0 bridgehead atoms. The van der Waals surface area contributed by atoms with Crippen LogP contribution in [0.3, 0.4) is 0 Å². The van der Waals surface area contributed by atoms with Crippen LogP contribution in [0.25, 0.3) is 0 Å². The lowest BCUT2D eigenvalue weighted by Crippen LogP contribution is -2.36. The Bertz CT molecular complexity index is 1030.